The van der Waals surface area contributed by atoms with Crippen molar-refractivity contribution in [2.75, 3.05) is 32.8 Å². The highest BCUT2D eigenvalue weighted by molar-refractivity contribution is 5.83. The maximum Gasteiger partial charge on any atom is 0.408 e. The van der Waals surface area contributed by atoms with Gasteiger partial charge < -0.3 is 19.9 Å². The number of aliphatic carboxylic acids is 1. The lowest BCUT2D eigenvalue weighted by atomic mass is 9.96. The third-order valence-electron chi connectivity index (χ3n) is 4.32. The van der Waals surface area contributed by atoms with Crippen LogP contribution in [0.5, 0.6) is 0 Å². The van der Waals surface area contributed by atoms with Gasteiger partial charge in [-0.2, -0.15) is 0 Å². The molecule has 1 aliphatic rings. The van der Waals surface area contributed by atoms with E-state index < -0.39 is 17.6 Å². The quantitative estimate of drug-likeness (QED) is 0.744. The maximum absolute atomic E-state index is 12.0. The Morgan fingerprint density at radius 3 is 2.60 bits per heavy atom. The Hall–Kier alpha value is -2.12. The maximum atomic E-state index is 12.0. The van der Waals surface area contributed by atoms with Gasteiger partial charge in [0.15, 0.2) is 0 Å². The summed E-state index contributed by atoms with van der Waals surface area (Å²) in [4.78, 5) is 25.8. The summed E-state index contributed by atoms with van der Waals surface area (Å²) in [6.45, 7) is 5.54. The number of amides is 1. The van der Waals surface area contributed by atoms with Crippen molar-refractivity contribution in [1.82, 2.24) is 10.2 Å². The number of carbonyl (C=O) groups excluding carboxylic acids is 1. The minimum atomic E-state index is -1.35. The van der Waals surface area contributed by atoms with Gasteiger partial charge in [0.1, 0.15) is 12.1 Å². The van der Waals surface area contributed by atoms with Gasteiger partial charge in [0.05, 0.1) is 13.2 Å². The Kier molecular flexibility index (Phi) is 7.21. The summed E-state index contributed by atoms with van der Waals surface area (Å²) < 4.78 is 10.4. The molecule has 0 aromatic heterocycles. The average molecular weight is 350 g/mol. The molecule has 1 atom stereocenters. The van der Waals surface area contributed by atoms with Crippen molar-refractivity contribution in [2.45, 2.75) is 31.9 Å². The number of benzene rings is 1. The zero-order valence-corrected chi connectivity index (χ0v) is 14.6. The lowest BCUT2D eigenvalue weighted by molar-refractivity contribution is -0.144. The van der Waals surface area contributed by atoms with E-state index in [9.17, 15) is 14.7 Å². The summed E-state index contributed by atoms with van der Waals surface area (Å²) in [5.41, 5.74) is -0.498. The predicted octanol–water partition coefficient (Wildman–Crippen LogP) is 1.87. The molecular weight excluding hydrogens is 324 g/mol. The lowest BCUT2D eigenvalue weighted by Gasteiger charge is -2.29. The molecule has 2 rings (SSSR count). The van der Waals surface area contributed by atoms with Gasteiger partial charge in [0, 0.05) is 13.1 Å². The van der Waals surface area contributed by atoms with Crippen LogP contribution in [0, 0.1) is 0 Å². The number of carboxylic acid groups (broad SMARTS) is 1. The van der Waals surface area contributed by atoms with Crippen LogP contribution in [-0.2, 0) is 20.9 Å². The molecule has 1 aromatic carbocycles. The Morgan fingerprint density at radius 1 is 1.28 bits per heavy atom. The largest absolute Gasteiger partial charge is 0.480 e. The molecule has 1 fully saturated rings. The number of morpholine rings is 1. The summed E-state index contributed by atoms with van der Waals surface area (Å²) in [7, 11) is 0. The normalized spacial score (nSPS) is 17.5. The van der Waals surface area contributed by atoms with Crippen LogP contribution in [0.3, 0.4) is 0 Å². The van der Waals surface area contributed by atoms with Crippen LogP contribution in [0.2, 0.25) is 0 Å². The molecule has 1 heterocycles. The topological polar surface area (TPSA) is 88.1 Å². The molecule has 1 amide bonds. The molecular formula is C18H26N2O5. The summed E-state index contributed by atoms with van der Waals surface area (Å²) in [6, 6.07) is 9.25. The van der Waals surface area contributed by atoms with E-state index in [-0.39, 0.29) is 6.61 Å². The van der Waals surface area contributed by atoms with E-state index in [2.05, 4.69) is 10.2 Å². The molecule has 1 saturated heterocycles. The number of carboxylic acids is 1. The van der Waals surface area contributed by atoms with Gasteiger partial charge in [-0.05, 0) is 31.9 Å². The number of ether oxygens (including phenoxy) is 2. The number of nitrogens with zero attached hydrogens (tertiary/aromatic N) is 1. The zero-order valence-electron chi connectivity index (χ0n) is 14.6. The molecule has 1 aromatic rings. The first-order valence-corrected chi connectivity index (χ1v) is 8.52. The van der Waals surface area contributed by atoms with Crippen LogP contribution in [0.1, 0.15) is 25.3 Å². The second kappa shape index (κ2) is 9.39. The molecule has 0 aliphatic carbocycles. The number of nitrogens with one attached hydrogen (secondary N) is 1. The van der Waals surface area contributed by atoms with E-state index >= 15 is 0 Å². The van der Waals surface area contributed by atoms with Crippen molar-refractivity contribution < 1.29 is 24.2 Å². The highest BCUT2D eigenvalue weighted by atomic mass is 16.5. The fraction of sp³-hybridized carbons (Fsp3) is 0.556. The first-order chi connectivity index (χ1) is 12.0. The molecule has 7 heteroatoms. The van der Waals surface area contributed by atoms with Crippen LogP contribution in [0.4, 0.5) is 4.79 Å². The number of alkyl carbamates (subject to hydrolysis) is 1. The second-order valence-corrected chi connectivity index (χ2v) is 6.38. The molecule has 1 aliphatic heterocycles. The summed E-state index contributed by atoms with van der Waals surface area (Å²) in [5, 5.41) is 12.0. The smallest absolute Gasteiger partial charge is 0.408 e. The van der Waals surface area contributed by atoms with Crippen LogP contribution in [0.15, 0.2) is 30.3 Å². The average Bonchev–Trinajstić information content (AvgIpc) is 2.61. The standard InChI is InChI=1S/C18H26N2O5/c1-18(16(21)22,8-5-9-20-10-12-24-13-11-20)19-17(23)25-14-15-6-3-2-4-7-15/h2-4,6-7H,5,8-14H2,1H3,(H,19,23)(H,21,22)/t18-/m0/s1. The fourth-order valence-electron chi connectivity index (χ4n) is 2.69. The monoisotopic (exact) mass is 350 g/mol. The Balaban J connectivity index is 1.78. The van der Waals surface area contributed by atoms with Gasteiger partial charge >= 0.3 is 12.1 Å². The van der Waals surface area contributed by atoms with Gasteiger partial charge in [-0.25, -0.2) is 9.59 Å². The van der Waals surface area contributed by atoms with Crippen LogP contribution in [-0.4, -0.2) is 60.5 Å². The molecule has 25 heavy (non-hydrogen) atoms. The first kappa shape index (κ1) is 19.2. The lowest BCUT2D eigenvalue weighted by Crippen LogP contribution is -2.52. The number of rotatable bonds is 8. The van der Waals surface area contributed by atoms with Crippen LogP contribution >= 0.6 is 0 Å². The van der Waals surface area contributed by atoms with E-state index in [1.807, 2.05) is 30.3 Å². The fourth-order valence-corrected chi connectivity index (χ4v) is 2.69. The summed E-state index contributed by atoms with van der Waals surface area (Å²) in [5.74, 6) is -1.06. The van der Waals surface area contributed by atoms with Crippen molar-refractivity contribution in [1.29, 1.82) is 0 Å². The number of carbonyl (C=O) groups is 2. The molecule has 0 spiro atoms. The third-order valence-corrected chi connectivity index (χ3v) is 4.32. The molecule has 0 bridgehead atoms. The van der Waals surface area contributed by atoms with Crippen LogP contribution < -0.4 is 5.32 Å². The Morgan fingerprint density at radius 2 is 1.96 bits per heavy atom. The van der Waals surface area contributed by atoms with Crippen molar-refractivity contribution >= 4 is 12.1 Å². The highest BCUT2D eigenvalue weighted by Gasteiger charge is 2.35. The van der Waals surface area contributed by atoms with E-state index in [4.69, 9.17) is 9.47 Å². The Labute approximate surface area is 147 Å². The molecule has 0 radical (unpaired) electrons. The first-order valence-electron chi connectivity index (χ1n) is 8.52. The van der Waals surface area contributed by atoms with Gasteiger partial charge in [-0.15, -0.1) is 0 Å². The molecule has 7 nitrogen and oxygen atoms in total. The summed E-state index contributed by atoms with van der Waals surface area (Å²) in [6.07, 6.45) is 0.280. The van der Waals surface area contributed by atoms with E-state index in [1.165, 1.54) is 6.92 Å². The minimum Gasteiger partial charge on any atom is -0.480 e. The van der Waals surface area contributed by atoms with Gasteiger partial charge in [-0.3, -0.25) is 4.90 Å². The van der Waals surface area contributed by atoms with Crippen molar-refractivity contribution in [3.05, 3.63) is 35.9 Å². The summed E-state index contributed by atoms with van der Waals surface area (Å²) >= 11 is 0. The third kappa shape index (κ3) is 6.36. The second-order valence-electron chi connectivity index (χ2n) is 6.38. The van der Waals surface area contributed by atoms with E-state index in [1.54, 1.807) is 0 Å². The number of hydrogen-bond acceptors (Lipinski definition) is 5. The highest BCUT2D eigenvalue weighted by Crippen LogP contribution is 2.15. The van der Waals surface area contributed by atoms with E-state index in [0.29, 0.717) is 26.1 Å². The van der Waals surface area contributed by atoms with Gasteiger partial charge in [0.25, 0.3) is 0 Å². The SMILES string of the molecule is C[C@@](CCCN1CCOCC1)(NC(=O)OCc1ccccc1)C(=O)O. The van der Waals surface area contributed by atoms with Gasteiger partial charge in [-0.1, -0.05) is 30.3 Å². The molecule has 0 saturated carbocycles. The minimum absolute atomic E-state index is 0.107. The number of hydrogen-bond donors (Lipinski definition) is 2. The van der Waals surface area contributed by atoms with Gasteiger partial charge in [0.2, 0.25) is 0 Å². The molecule has 2 N–H and O–H groups in total. The zero-order chi connectivity index (χ0) is 18.1. The Bertz CT molecular complexity index is 560. The van der Waals surface area contributed by atoms with Crippen molar-refractivity contribution in [3.8, 4) is 0 Å². The molecule has 138 valence electrons. The van der Waals surface area contributed by atoms with Crippen LogP contribution in [0.25, 0.3) is 0 Å². The molecule has 0 unspecified atom stereocenters. The predicted molar refractivity (Wildman–Crippen MR) is 92.3 cm³/mol. The van der Waals surface area contributed by atoms with Crippen molar-refractivity contribution in [2.24, 2.45) is 0 Å². The van der Waals surface area contributed by atoms with Crippen molar-refractivity contribution in [3.63, 3.8) is 0 Å². The van der Waals surface area contributed by atoms with E-state index in [0.717, 1.165) is 25.2 Å².